The van der Waals surface area contributed by atoms with E-state index < -0.39 is 10.0 Å². The van der Waals surface area contributed by atoms with E-state index in [-0.39, 0.29) is 4.90 Å². The zero-order valence-corrected chi connectivity index (χ0v) is 9.30. The third-order valence-corrected chi connectivity index (χ3v) is 4.01. The van der Waals surface area contributed by atoms with Crippen LogP contribution in [0.4, 0.5) is 0 Å². The topological polar surface area (TPSA) is 76.0 Å². The first kappa shape index (κ1) is 9.78. The van der Waals surface area contributed by atoms with Gasteiger partial charge in [-0.25, -0.2) is 13.6 Å². The molecule has 4 nitrogen and oxygen atoms in total. The molecule has 0 unspecified atom stereocenters. The van der Waals surface area contributed by atoms with Crippen molar-refractivity contribution in [1.82, 2.24) is 4.37 Å². The molecule has 0 aliphatic carbocycles. The number of nitrogens with one attached hydrogen (secondary N) is 1. The van der Waals surface area contributed by atoms with Gasteiger partial charge in [0.25, 0.3) is 0 Å². The fourth-order valence-electron chi connectivity index (χ4n) is 1.11. The monoisotopic (exact) mass is 246 g/mol. The number of primary sulfonamides is 1. The van der Waals surface area contributed by atoms with Gasteiger partial charge in [0.1, 0.15) is 4.64 Å². The maximum absolute atomic E-state index is 11.0. The van der Waals surface area contributed by atoms with Crippen LogP contribution in [0.15, 0.2) is 23.1 Å². The number of aromatic nitrogens is 1. The number of sulfonamides is 1. The van der Waals surface area contributed by atoms with Crippen LogP contribution in [0.2, 0.25) is 0 Å². The zero-order valence-electron chi connectivity index (χ0n) is 6.85. The lowest BCUT2D eigenvalue weighted by molar-refractivity contribution is 0.598. The van der Waals surface area contributed by atoms with Gasteiger partial charge in [0, 0.05) is 5.39 Å². The Kier molecular flexibility index (Phi) is 2.18. The Labute approximate surface area is 89.6 Å². The Balaban J connectivity index is 2.82. The quantitative estimate of drug-likeness (QED) is 0.750. The normalized spacial score (nSPS) is 12.1. The maximum Gasteiger partial charge on any atom is 0.238 e. The van der Waals surface area contributed by atoms with E-state index in [9.17, 15) is 8.42 Å². The first-order valence-electron chi connectivity index (χ1n) is 3.62. The molecule has 0 spiro atoms. The average Bonchev–Trinajstić information content (AvgIpc) is 2.46. The molecule has 2 rings (SSSR count). The highest BCUT2D eigenvalue weighted by Crippen LogP contribution is 2.22. The predicted octanol–water partition coefficient (Wildman–Crippen LogP) is 1.61. The summed E-state index contributed by atoms with van der Waals surface area (Å²) in [4.78, 5) is 0.107. The van der Waals surface area contributed by atoms with E-state index in [1.54, 1.807) is 6.07 Å². The number of benzene rings is 1. The summed E-state index contributed by atoms with van der Waals surface area (Å²) < 4.78 is 26.3. The first-order valence-corrected chi connectivity index (χ1v) is 6.39. The minimum atomic E-state index is -3.63. The Bertz CT molecular complexity index is 638. The molecule has 1 heterocycles. The molecule has 7 heteroatoms. The Hall–Kier alpha value is -0.760. The number of H-pyrrole nitrogens is 1. The molecule has 14 heavy (non-hydrogen) atoms. The van der Waals surface area contributed by atoms with Gasteiger partial charge in [0.2, 0.25) is 10.0 Å². The molecule has 0 radical (unpaired) electrons. The second-order valence-corrected chi connectivity index (χ2v) is 5.55. The summed E-state index contributed by atoms with van der Waals surface area (Å²) in [6, 6.07) is 4.63. The minimum Gasteiger partial charge on any atom is -0.301 e. The third-order valence-electron chi connectivity index (χ3n) is 1.78. The molecular weight excluding hydrogens is 240 g/mol. The molecule has 2 aromatic rings. The van der Waals surface area contributed by atoms with Crippen LogP contribution in [-0.4, -0.2) is 12.8 Å². The van der Waals surface area contributed by atoms with Crippen LogP contribution in [0.3, 0.4) is 0 Å². The van der Waals surface area contributed by atoms with E-state index in [1.165, 1.54) is 23.7 Å². The predicted molar refractivity (Wildman–Crippen MR) is 58.4 cm³/mol. The zero-order chi connectivity index (χ0) is 10.3. The van der Waals surface area contributed by atoms with Crippen molar-refractivity contribution < 1.29 is 8.42 Å². The van der Waals surface area contributed by atoms with E-state index in [0.717, 1.165) is 10.1 Å². The van der Waals surface area contributed by atoms with Crippen LogP contribution in [-0.2, 0) is 10.0 Å². The Morgan fingerprint density at radius 3 is 2.79 bits per heavy atom. The average molecular weight is 246 g/mol. The molecule has 1 aromatic carbocycles. The molecule has 0 fully saturated rings. The van der Waals surface area contributed by atoms with Gasteiger partial charge in [-0.15, -0.1) is 0 Å². The molecule has 74 valence electrons. The highest BCUT2D eigenvalue weighted by Gasteiger charge is 2.09. The summed E-state index contributed by atoms with van der Waals surface area (Å²) in [5.41, 5.74) is 0. The highest BCUT2D eigenvalue weighted by molar-refractivity contribution is 7.89. The first-order chi connectivity index (χ1) is 6.48. The van der Waals surface area contributed by atoms with Crippen molar-refractivity contribution in [3.8, 4) is 0 Å². The van der Waals surface area contributed by atoms with E-state index >= 15 is 0 Å². The fraction of sp³-hybridized carbons (Fsp3) is 0. The van der Waals surface area contributed by atoms with Gasteiger partial charge in [-0.3, -0.25) is 0 Å². The number of rotatable bonds is 1. The smallest absolute Gasteiger partial charge is 0.238 e. The van der Waals surface area contributed by atoms with Crippen LogP contribution >= 0.6 is 23.8 Å². The van der Waals surface area contributed by atoms with Crippen molar-refractivity contribution in [3.63, 3.8) is 0 Å². The second kappa shape index (κ2) is 3.13. The summed E-state index contributed by atoms with van der Waals surface area (Å²) in [5.74, 6) is 0. The van der Waals surface area contributed by atoms with Crippen LogP contribution in [0.5, 0.6) is 0 Å². The summed E-state index contributed by atoms with van der Waals surface area (Å²) in [5, 5.41) is 5.84. The maximum atomic E-state index is 11.0. The number of fused-ring (bicyclic) bond motifs is 1. The summed E-state index contributed by atoms with van der Waals surface area (Å²) in [7, 11) is -3.63. The molecule has 0 bridgehead atoms. The lowest BCUT2D eigenvalue weighted by Crippen LogP contribution is -2.11. The van der Waals surface area contributed by atoms with E-state index in [0.29, 0.717) is 4.64 Å². The molecular formula is C7H6N2O2S3. The van der Waals surface area contributed by atoms with Gasteiger partial charge < -0.3 is 4.37 Å². The fourth-order valence-corrected chi connectivity index (χ4v) is 2.87. The molecule has 0 saturated carbocycles. The highest BCUT2D eigenvalue weighted by atomic mass is 32.2. The van der Waals surface area contributed by atoms with Crippen molar-refractivity contribution in [2.75, 3.05) is 0 Å². The van der Waals surface area contributed by atoms with Crippen molar-refractivity contribution in [2.45, 2.75) is 4.90 Å². The van der Waals surface area contributed by atoms with Crippen LogP contribution in [0.1, 0.15) is 0 Å². The van der Waals surface area contributed by atoms with Gasteiger partial charge in [-0.2, -0.15) is 0 Å². The standard InChI is InChI=1S/C7H6N2O2S3/c8-14(10,11)4-1-2-5-6(3-4)13-9-7(5)12/h1-3H,(H,9,12)(H2,8,10,11). The summed E-state index contributed by atoms with van der Waals surface area (Å²) >= 11 is 6.29. The van der Waals surface area contributed by atoms with E-state index in [2.05, 4.69) is 4.37 Å². The SMILES string of the molecule is NS(=O)(=O)c1ccc2c(=S)[nH]sc2c1. The second-order valence-electron chi connectivity index (χ2n) is 2.74. The number of hydrogen-bond acceptors (Lipinski definition) is 4. The van der Waals surface area contributed by atoms with Crippen molar-refractivity contribution in [3.05, 3.63) is 22.8 Å². The lowest BCUT2D eigenvalue weighted by atomic mass is 10.3. The number of aromatic amines is 1. The van der Waals surface area contributed by atoms with Crippen molar-refractivity contribution in [1.29, 1.82) is 0 Å². The van der Waals surface area contributed by atoms with Gasteiger partial charge in [0.15, 0.2) is 0 Å². The van der Waals surface area contributed by atoms with Crippen molar-refractivity contribution >= 4 is 43.9 Å². The van der Waals surface area contributed by atoms with E-state index in [1.807, 2.05) is 0 Å². The van der Waals surface area contributed by atoms with Crippen LogP contribution in [0.25, 0.3) is 10.1 Å². The van der Waals surface area contributed by atoms with Gasteiger partial charge in [-0.05, 0) is 18.2 Å². The van der Waals surface area contributed by atoms with Gasteiger partial charge in [0.05, 0.1) is 9.60 Å². The molecule has 0 aliphatic rings. The molecule has 0 saturated heterocycles. The number of hydrogen-bond donors (Lipinski definition) is 2. The molecule has 0 atom stereocenters. The summed E-state index contributed by atoms with van der Waals surface area (Å²) in [6.07, 6.45) is 0. The minimum absolute atomic E-state index is 0.107. The Morgan fingerprint density at radius 2 is 2.14 bits per heavy atom. The molecule has 0 aliphatic heterocycles. The molecule has 1 aromatic heterocycles. The van der Waals surface area contributed by atoms with Gasteiger partial charge in [-0.1, -0.05) is 23.8 Å². The third kappa shape index (κ3) is 1.59. The van der Waals surface area contributed by atoms with Crippen LogP contribution < -0.4 is 5.14 Å². The van der Waals surface area contributed by atoms with Crippen LogP contribution in [0, 0.1) is 4.64 Å². The summed E-state index contributed by atoms with van der Waals surface area (Å²) in [6.45, 7) is 0. The van der Waals surface area contributed by atoms with Gasteiger partial charge >= 0.3 is 0 Å². The molecule has 3 N–H and O–H groups in total. The van der Waals surface area contributed by atoms with Crippen molar-refractivity contribution in [2.24, 2.45) is 5.14 Å². The lowest BCUT2D eigenvalue weighted by Gasteiger charge is -1.96. The number of nitrogens with two attached hydrogens (primary N) is 1. The largest absolute Gasteiger partial charge is 0.301 e. The Morgan fingerprint density at radius 1 is 1.43 bits per heavy atom. The van der Waals surface area contributed by atoms with E-state index in [4.69, 9.17) is 17.4 Å². The molecule has 0 amide bonds.